The van der Waals surface area contributed by atoms with Crippen molar-refractivity contribution >= 4 is 37.4 Å². The van der Waals surface area contributed by atoms with Gasteiger partial charge in [-0.3, -0.25) is 0 Å². The summed E-state index contributed by atoms with van der Waals surface area (Å²) in [7, 11) is 0.979. The van der Waals surface area contributed by atoms with Crippen molar-refractivity contribution in [2.75, 3.05) is 0 Å². The predicted molar refractivity (Wildman–Crippen MR) is 68.5 cm³/mol. The van der Waals surface area contributed by atoms with Crippen molar-refractivity contribution in [2.45, 2.75) is 39.3 Å². The second kappa shape index (κ2) is 7.31. The van der Waals surface area contributed by atoms with E-state index in [1.54, 1.807) is 0 Å². The molecule has 0 bridgehead atoms. The van der Waals surface area contributed by atoms with Gasteiger partial charge in [0.1, 0.15) is 15.6 Å². The third-order valence-electron chi connectivity index (χ3n) is 1.09. The summed E-state index contributed by atoms with van der Waals surface area (Å²) in [5, 5.41) is 0.603. The molecule has 0 atom stereocenters. The Bertz CT molecular complexity index is 204. The van der Waals surface area contributed by atoms with E-state index < -0.39 is 27.1 Å². The summed E-state index contributed by atoms with van der Waals surface area (Å²) in [6.07, 6.45) is 0. The molecule has 15 heavy (non-hydrogen) atoms. The van der Waals surface area contributed by atoms with Crippen LogP contribution in [-0.4, -0.2) is 37.4 Å². The molecule has 0 spiro atoms. The molecule has 0 heterocycles. The average Bonchev–Trinajstić information content (AvgIpc) is 1.99. The first kappa shape index (κ1) is 15.0. The monoisotopic (exact) mass is 274 g/mol. The largest absolute Gasteiger partial charge is 0.545 e. The van der Waals surface area contributed by atoms with Crippen LogP contribution in [-0.2, 0) is 13.3 Å². The summed E-state index contributed by atoms with van der Waals surface area (Å²) < 4.78 is 16.9. The summed E-state index contributed by atoms with van der Waals surface area (Å²) in [4.78, 5) is 0. The van der Waals surface area contributed by atoms with E-state index in [4.69, 9.17) is 13.3 Å². The lowest BCUT2D eigenvalue weighted by atomic mass is 11.0. The van der Waals surface area contributed by atoms with Crippen molar-refractivity contribution in [3.8, 4) is 0 Å². The van der Waals surface area contributed by atoms with Crippen molar-refractivity contribution in [2.24, 2.45) is 0 Å². The molecule has 0 aromatic heterocycles. The first-order valence-corrected chi connectivity index (χ1v) is 12.4. The van der Waals surface area contributed by atoms with Crippen molar-refractivity contribution in [3.05, 3.63) is 11.3 Å². The van der Waals surface area contributed by atoms with E-state index >= 15 is 0 Å². The highest BCUT2D eigenvalue weighted by molar-refractivity contribution is 6.51. The molecule has 0 aliphatic carbocycles. The summed E-state index contributed by atoms with van der Waals surface area (Å²) in [6, 6.07) is 0. The third-order valence-corrected chi connectivity index (χ3v) is 3.40. The Labute approximate surface area is 101 Å². The summed E-state index contributed by atoms with van der Waals surface area (Å²) >= 11 is 0. The second-order valence-electron chi connectivity index (χ2n) is 3.65. The minimum atomic E-state index is -0.825. The molecule has 7 heteroatoms. The zero-order valence-corrected chi connectivity index (χ0v) is 14.2. The highest BCUT2D eigenvalue weighted by atomic mass is 28.3. The van der Waals surface area contributed by atoms with Gasteiger partial charge in [0.05, 0.1) is 0 Å². The number of rotatable bonds is 6. The quantitative estimate of drug-likeness (QED) is 0.548. The molecule has 0 amide bonds. The van der Waals surface area contributed by atoms with Crippen LogP contribution in [0, 0.1) is 0 Å². The van der Waals surface area contributed by atoms with E-state index in [9.17, 15) is 0 Å². The fourth-order valence-corrected chi connectivity index (χ4v) is 3.23. The Morgan fingerprint density at radius 2 is 1.07 bits per heavy atom. The van der Waals surface area contributed by atoms with Gasteiger partial charge in [-0.15, -0.1) is 0 Å². The van der Waals surface area contributed by atoms with Gasteiger partial charge in [-0.1, -0.05) is 0 Å². The molecular formula is C8H18O3Si4. The average molecular weight is 275 g/mol. The Hall–Kier alpha value is 0.00753. The van der Waals surface area contributed by atoms with Gasteiger partial charge in [0.25, 0.3) is 33.1 Å². The van der Waals surface area contributed by atoms with Gasteiger partial charge < -0.3 is 13.3 Å². The van der Waals surface area contributed by atoms with E-state index in [2.05, 4.69) is 49.5 Å². The minimum Gasteiger partial charge on any atom is -0.545 e. The smallest absolute Gasteiger partial charge is 0.283 e. The van der Waals surface area contributed by atoms with Gasteiger partial charge in [0.15, 0.2) is 0 Å². The van der Waals surface area contributed by atoms with Gasteiger partial charge >= 0.3 is 0 Å². The van der Waals surface area contributed by atoms with E-state index in [0.717, 1.165) is 0 Å². The Balaban J connectivity index is 4.56. The first-order valence-electron chi connectivity index (χ1n) is 4.72. The summed E-state index contributed by atoms with van der Waals surface area (Å²) in [6.45, 7) is 12.4. The molecule has 0 aliphatic rings. The molecule has 0 N–H and O–H groups in total. The first-order chi connectivity index (χ1) is 6.82. The van der Waals surface area contributed by atoms with Gasteiger partial charge in [-0.25, -0.2) is 0 Å². The molecule has 0 rings (SSSR count). The Morgan fingerprint density at radius 3 is 1.33 bits per heavy atom. The van der Waals surface area contributed by atoms with Crippen LogP contribution in [0.3, 0.4) is 0 Å². The molecular weight excluding hydrogens is 256 g/mol. The molecule has 0 aliphatic heterocycles. The Morgan fingerprint density at radius 1 is 0.733 bits per heavy atom. The van der Waals surface area contributed by atoms with Crippen LogP contribution in [0.4, 0.5) is 0 Å². The normalized spacial score (nSPS) is 10.8. The van der Waals surface area contributed by atoms with Crippen molar-refractivity contribution in [1.29, 1.82) is 0 Å². The van der Waals surface area contributed by atoms with Crippen LogP contribution in [0.25, 0.3) is 0 Å². The molecule has 0 aromatic carbocycles. The number of hydrogen-bond acceptors (Lipinski definition) is 3. The maximum Gasteiger partial charge on any atom is 0.283 e. The van der Waals surface area contributed by atoms with Gasteiger partial charge in [-0.05, 0) is 39.3 Å². The van der Waals surface area contributed by atoms with Crippen LogP contribution in [0.1, 0.15) is 0 Å². The van der Waals surface area contributed by atoms with Crippen LogP contribution in [0.5, 0.6) is 0 Å². The zero-order valence-electron chi connectivity index (χ0n) is 10.2. The minimum absolute atomic E-state index is 0.524. The summed E-state index contributed by atoms with van der Waals surface area (Å²) in [5.74, 6) is 0.524. The van der Waals surface area contributed by atoms with Crippen LogP contribution in [0.15, 0.2) is 11.3 Å². The fraction of sp³-hybridized carbons (Fsp3) is 0.750. The molecule has 0 saturated heterocycles. The third kappa shape index (κ3) is 7.88. The lowest BCUT2D eigenvalue weighted by molar-refractivity contribution is 0.208. The lowest BCUT2D eigenvalue weighted by Crippen LogP contribution is -2.19. The Kier molecular flexibility index (Phi) is 7.31. The highest BCUT2D eigenvalue weighted by Crippen LogP contribution is 2.11. The van der Waals surface area contributed by atoms with Crippen molar-refractivity contribution in [1.82, 2.24) is 0 Å². The van der Waals surface area contributed by atoms with Gasteiger partial charge in [0.2, 0.25) is 0 Å². The SMILES string of the molecule is C[Si](C)OC([Si])=C(O[Si](C)C)O[Si](C)C. The highest BCUT2D eigenvalue weighted by Gasteiger charge is 2.14. The van der Waals surface area contributed by atoms with E-state index in [-0.39, 0.29) is 0 Å². The maximum atomic E-state index is 5.65. The fourth-order valence-electron chi connectivity index (χ4n) is 0.730. The number of hydrogen-bond donors (Lipinski definition) is 0. The summed E-state index contributed by atoms with van der Waals surface area (Å²) in [5.41, 5.74) is 0. The molecule has 0 fully saturated rings. The topological polar surface area (TPSA) is 27.7 Å². The molecule has 0 saturated carbocycles. The van der Waals surface area contributed by atoms with Crippen LogP contribution in [0.2, 0.25) is 39.3 Å². The molecule has 84 valence electrons. The van der Waals surface area contributed by atoms with Crippen LogP contribution < -0.4 is 0 Å². The van der Waals surface area contributed by atoms with Crippen molar-refractivity contribution in [3.63, 3.8) is 0 Å². The zero-order chi connectivity index (χ0) is 12.0. The molecule has 6 radical (unpaired) electrons. The maximum absolute atomic E-state index is 5.65. The van der Waals surface area contributed by atoms with Crippen LogP contribution >= 0.6 is 0 Å². The molecule has 3 nitrogen and oxygen atoms in total. The van der Waals surface area contributed by atoms with E-state index in [0.29, 0.717) is 11.3 Å². The lowest BCUT2D eigenvalue weighted by Gasteiger charge is -2.20. The standard InChI is InChI=1S/C8H18O3Si4/c1-13(2)9-7(10-14(3)4)8(12)11-15(5)6/h1-6H3. The second-order valence-corrected chi connectivity index (χ2v) is 10.2. The predicted octanol–water partition coefficient (Wildman–Crippen LogP) is 2.08. The van der Waals surface area contributed by atoms with Gasteiger partial charge in [-0.2, -0.15) is 0 Å². The van der Waals surface area contributed by atoms with Crippen molar-refractivity contribution < 1.29 is 13.3 Å². The van der Waals surface area contributed by atoms with E-state index in [1.165, 1.54) is 0 Å². The van der Waals surface area contributed by atoms with E-state index in [1.807, 2.05) is 0 Å². The van der Waals surface area contributed by atoms with Gasteiger partial charge in [0, 0.05) is 0 Å². The molecule has 0 unspecified atom stereocenters. The molecule has 0 aromatic rings.